The largest absolute Gasteiger partial charge is 0.384 e. The van der Waals surface area contributed by atoms with Gasteiger partial charge in [0.1, 0.15) is 0 Å². The van der Waals surface area contributed by atoms with E-state index in [1.807, 2.05) is 23.5 Å². The second-order valence-electron chi connectivity index (χ2n) is 6.22. The molecule has 0 radical (unpaired) electrons. The molecule has 26 heavy (non-hydrogen) atoms. The van der Waals surface area contributed by atoms with E-state index in [4.69, 9.17) is 4.74 Å². The quantitative estimate of drug-likeness (QED) is 0.614. The van der Waals surface area contributed by atoms with Gasteiger partial charge in [-0.05, 0) is 43.5 Å². The lowest BCUT2D eigenvalue weighted by Crippen LogP contribution is -2.07. The van der Waals surface area contributed by atoms with Gasteiger partial charge in [0, 0.05) is 45.8 Å². The van der Waals surface area contributed by atoms with E-state index < -0.39 is 0 Å². The maximum absolute atomic E-state index is 5.83. The minimum Gasteiger partial charge on any atom is -0.384 e. The molecule has 0 saturated heterocycles. The van der Waals surface area contributed by atoms with Gasteiger partial charge in [-0.25, -0.2) is 0 Å². The van der Waals surface area contributed by atoms with Gasteiger partial charge < -0.3 is 15.4 Å². The normalized spacial score (nSPS) is 17.5. The highest BCUT2D eigenvalue weighted by Crippen LogP contribution is 2.28. The molecule has 140 valence electrons. The fraction of sp³-hybridized carbons (Fsp3) is 0.429. The Morgan fingerprint density at radius 2 is 1.15 bits per heavy atom. The highest BCUT2D eigenvalue weighted by atomic mass is 32.2. The Kier molecular flexibility index (Phi) is 8.55. The number of rotatable bonds is 0. The van der Waals surface area contributed by atoms with Crippen LogP contribution in [0.3, 0.4) is 0 Å². The molecule has 0 unspecified atom stereocenters. The molecule has 0 saturated carbocycles. The Morgan fingerprint density at radius 3 is 1.69 bits per heavy atom. The lowest BCUT2D eigenvalue weighted by atomic mass is 10.2. The molecule has 0 atom stereocenters. The predicted octanol–water partition coefficient (Wildman–Crippen LogP) is 5.60. The Balaban J connectivity index is 1.56. The van der Waals surface area contributed by atoms with Gasteiger partial charge in [-0.3, -0.25) is 0 Å². The highest BCUT2D eigenvalue weighted by molar-refractivity contribution is 7.99. The Morgan fingerprint density at radius 1 is 0.654 bits per heavy atom. The van der Waals surface area contributed by atoms with E-state index in [2.05, 4.69) is 59.2 Å². The van der Waals surface area contributed by atoms with Crippen LogP contribution in [0.2, 0.25) is 0 Å². The fourth-order valence-corrected chi connectivity index (χ4v) is 4.66. The first-order chi connectivity index (χ1) is 12.9. The molecule has 1 heterocycles. The minimum absolute atomic E-state index is 0.791. The van der Waals surface area contributed by atoms with E-state index in [9.17, 15) is 0 Å². The van der Waals surface area contributed by atoms with Crippen molar-refractivity contribution >= 4 is 34.9 Å². The Labute approximate surface area is 165 Å². The predicted molar refractivity (Wildman–Crippen MR) is 116 cm³/mol. The summed E-state index contributed by atoms with van der Waals surface area (Å²) in [4.78, 5) is 2.64. The summed E-state index contributed by atoms with van der Waals surface area (Å²) in [5, 5.41) is 7.20. The lowest BCUT2D eigenvalue weighted by molar-refractivity contribution is 0.167. The first-order valence-electron chi connectivity index (χ1n) is 9.42. The SMILES string of the molecule is c1ccc2c(c1)NCCCCCNc1ccccc1SCCOCCS2. The molecule has 0 fully saturated rings. The average Bonchev–Trinajstić information content (AvgIpc) is 2.68. The Bertz CT molecular complexity index is 554. The first kappa shape index (κ1) is 19.5. The van der Waals surface area contributed by atoms with Gasteiger partial charge in [-0.1, -0.05) is 24.3 Å². The number of hydrogen-bond donors (Lipinski definition) is 2. The molecule has 0 amide bonds. The Hall–Kier alpha value is -1.30. The van der Waals surface area contributed by atoms with Crippen molar-refractivity contribution in [3.8, 4) is 0 Å². The summed E-state index contributed by atoms with van der Waals surface area (Å²) < 4.78 is 5.83. The molecule has 3 nitrogen and oxygen atoms in total. The van der Waals surface area contributed by atoms with Crippen LogP contribution in [0.5, 0.6) is 0 Å². The fourth-order valence-electron chi connectivity index (χ4n) is 2.87. The summed E-state index contributed by atoms with van der Waals surface area (Å²) in [6.07, 6.45) is 3.62. The molecule has 3 rings (SSSR count). The molecule has 1 aliphatic heterocycles. The first-order valence-corrected chi connectivity index (χ1v) is 11.4. The van der Waals surface area contributed by atoms with Crippen molar-refractivity contribution in [3.05, 3.63) is 48.5 Å². The van der Waals surface area contributed by atoms with E-state index in [1.54, 1.807) is 0 Å². The smallest absolute Gasteiger partial charge is 0.0560 e. The molecule has 0 bridgehead atoms. The van der Waals surface area contributed by atoms with Gasteiger partial charge in [0.25, 0.3) is 0 Å². The van der Waals surface area contributed by atoms with Crippen molar-refractivity contribution in [3.63, 3.8) is 0 Å². The molecule has 2 N–H and O–H groups in total. The summed E-state index contributed by atoms with van der Waals surface area (Å²) in [7, 11) is 0. The highest BCUT2D eigenvalue weighted by Gasteiger charge is 2.04. The van der Waals surface area contributed by atoms with Gasteiger partial charge in [-0.2, -0.15) is 0 Å². The molecule has 0 aliphatic carbocycles. The van der Waals surface area contributed by atoms with Crippen LogP contribution in [0, 0.1) is 0 Å². The zero-order chi connectivity index (χ0) is 17.9. The summed E-state index contributed by atoms with van der Waals surface area (Å²) in [6.45, 7) is 3.64. The van der Waals surface area contributed by atoms with Crippen LogP contribution in [0.4, 0.5) is 11.4 Å². The third-order valence-electron chi connectivity index (χ3n) is 4.23. The maximum Gasteiger partial charge on any atom is 0.0560 e. The topological polar surface area (TPSA) is 33.3 Å². The van der Waals surface area contributed by atoms with Crippen molar-refractivity contribution in [2.24, 2.45) is 0 Å². The van der Waals surface area contributed by atoms with Crippen LogP contribution in [0.1, 0.15) is 19.3 Å². The third kappa shape index (κ3) is 6.45. The van der Waals surface area contributed by atoms with E-state index in [-0.39, 0.29) is 0 Å². The zero-order valence-electron chi connectivity index (χ0n) is 15.2. The third-order valence-corrected chi connectivity index (χ3v) is 6.30. The standard InChI is InChI=1S/C21H28N2OS2/c1-6-12-22-18-8-2-4-10-20(18)25-16-14-24-15-17-26-21-11-5-3-9-19(21)23-13-7-1/h2-5,8-11,22-23H,1,6-7,12-17H2. The molecule has 2 aromatic rings. The number of ether oxygens (including phenoxy) is 1. The van der Waals surface area contributed by atoms with Crippen LogP contribution in [-0.4, -0.2) is 37.8 Å². The van der Waals surface area contributed by atoms with E-state index >= 15 is 0 Å². The van der Waals surface area contributed by atoms with Crippen LogP contribution in [-0.2, 0) is 4.74 Å². The number of hydrogen-bond acceptors (Lipinski definition) is 5. The van der Waals surface area contributed by atoms with Crippen molar-refractivity contribution < 1.29 is 4.74 Å². The molecule has 1 aliphatic rings. The molecular weight excluding hydrogens is 360 g/mol. The number of fused-ring (bicyclic) bond motifs is 2. The van der Waals surface area contributed by atoms with E-state index in [1.165, 1.54) is 40.4 Å². The second-order valence-corrected chi connectivity index (χ2v) is 8.49. The molecule has 0 spiro atoms. The van der Waals surface area contributed by atoms with Crippen LogP contribution < -0.4 is 10.6 Å². The van der Waals surface area contributed by atoms with E-state index in [0.717, 1.165) is 37.8 Å². The van der Waals surface area contributed by atoms with Gasteiger partial charge in [0.2, 0.25) is 0 Å². The zero-order valence-corrected chi connectivity index (χ0v) is 16.8. The van der Waals surface area contributed by atoms with E-state index in [0.29, 0.717) is 0 Å². The van der Waals surface area contributed by atoms with Crippen molar-refractivity contribution in [2.45, 2.75) is 29.1 Å². The lowest BCUT2D eigenvalue weighted by Gasteiger charge is -2.14. The second kappa shape index (κ2) is 11.4. The van der Waals surface area contributed by atoms with Gasteiger partial charge >= 0.3 is 0 Å². The van der Waals surface area contributed by atoms with Crippen LogP contribution in [0.25, 0.3) is 0 Å². The number of thioether (sulfide) groups is 2. The number of para-hydroxylation sites is 2. The molecule has 5 heteroatoms. The van der Waals surface area contributed by atoms with Gasteiger partial charge in [-0.15, -0.1) is 23.5 Å². The number of anilines is 2. The molecular formula is C21H28N2OS2. The van der Waals surface area contributed by atoms with Crippen molar-refractivity contribution in [1.82, 2.24) is 0 Å². The van der Waals surface area contributed by atoms with Crippen molar-refractivity contribution in [2.75, 3.05) is 48.4 Å². The summed E-state index contributed by atoms with van der Waals surface area (Å²) in [5.41, 5.74) is 2.50. The number of nitrogens with one attached hydrogen (secondary N) is 2. The van der Waals surface area contributed by atoms with Gasteiger partial charge in [0.05, 0.1) is 13.2 Å². The summed E-state index contributed by atoms with van der Waals surface area (Å²) in [5.74, 6) is 1.98. The monoisotopic (exact) mass is 388 g/mol. The summed E-state index contributed by atoms with van der Waals surface area (Å²) in [6, 6.07) is 17.2. The van der Waals surface area contributed by atoms with Gasteiger partial charge in [0.15, 0.2) is 0 Å². The number of benzene rings is 2. The van der Waals surface area contributed by atoms with Crippen molar-refractivity contribution in [1.29, 1.82) is 0 Å². The summed E-state index contributed by atoms with van der Waals surface area (Å²) >= 11 is 3.75. The van der Waals surface area contributed by atoms with Crippen LogP contribution >= 0.6 is 23.5 Å². The molecule has 0 aromatic heterocycles. The maximum atomic E-state index is 5.83. The van der Waals surface area contributed by atoms with Crippen LogP contribution in [0.15, 0.2) is 58.3 Å². The minimum atomic E-state index is 0.791. The average molecular weight is 389 g/mol. The molecule has 2 aromatic carbocycles.